The van der Waals surface area contributed by atoms with Crippen LogP contribution in [0.5, 0.6) is 0 Å². The van der Waals surface area contributed by atoms with Gasteiger partial charge in [-0.2, -0.15) is 0 Å². The van der Waals surface area contributed by atoms with Crippen LogP contribution in [-0.2, 0) is 14.3 Å². The predicted octanol–water partition coefficient (Wildman–Crippen LogP) is 1.50. The van der Waals surface area contributed by atoms with Crippen LogP contribution in [0.25, 0.3) is 0 Å². The van der Waals surface area contributed by atoms with Crippen LogP contribution in [0.15, 0.2) is 24.3 Å². The number of carbonyl (C=O) groups excluding carboxylic acids is 2. The molecule has 1 aliphatic heterocycles. The van der Waals surface area contributed by atoms with E-state index in [-0.39, 0.29) is 55.2 Å². The first kappa shape index (κ1) is 26.6. The number of methoxy groups -OCH3 is 1. The van der Waals surface area contributed by atoms with Gasteiger partial charge in [0.2, 0.25) is 11.8 Å². The average molecular weight is 439 g/mol. The third kappa shape index (κ3) is 7.52. The van der Waals surface area contributed by atoms with Gasteiger partial charge in [-0.05, 0) is 25.1 Å². The topological polar surface area (TPSA) is 87.9 Å². The number of nitrogens with one attached hydrogen (secondary N) is 1. The minimum Gasteiger partial charge on any atom is -0.380 e. The lowest BCUT2D eigenvalue weighted by atomic mass is 10.1. The second-order valence-corrected chi connectivity index (χ2v) is 6.39. The summed E-state index contributed by atoms with van der Waals surface area (Å²) in [6.07, 6.45) is -0.000652. The quantitative estimate of drug-likeness (QED) is 0.673. The molecule has 0 saturated carbocycles. The number of hydrogen-bond acceptors (Lipinski definition) is 5. The van der Waals surface area contributed by atoms with Gasteiger partial charge in [-0.15, -0.1) is 24.8 Å². The molecule has 0 radical (unpaired) electrons. The number of benzene rings is 1. The molecule has 1 heterocycles. The van der Waals surface area contributed by atoms with Crippen molar-refractivity contribution in [1.29, 1.82) is 0 Å². The van der Waals surface area contributed by atoms with Crippen molar-refractivity contribution >= 4 is 42.3 Å². The van der Waals surface area contributed by atoms with E-state index in [0.29, 0.717) is 38.4 Å². The van der Waals surface area contributed by atoms with E-state index in [0.717, 1.165) is 0 Å². The van der Waals surface area contributed by atoms with Gasteiger partial charge in [0.25, 0.3) is 0 Å². The predicted molar refractivity (Wildman–Crippen MR) is 112 cm³/mol. The summed E-state index contributed by atoms with van der Waals surface area (Å²) in [4.78, 5) is 28.4. The van der Waals surface area contributed by atoms with Gasteiger partial charge in [0, 0.05) is 45.5 Å². The van der Waals surface area contributed by atoms with Gasteiger partial charge >= 0.3 is 0 Å². The van der Waals surface area contributed by atoms with E-state index in [1.54, 1.807) is 24.1 Å². The standard InChI is InChI=1S/C18H27FN4O3.2ClH/c1-13(18(25)21-15-5-3-4-14(19)10-15)22-6-8-23(9-7-22)17(24)11-16(12-20)26-2;;/h3-5,10,13,16H,6-9,11-12,20H2,1-2H3,(H,21,25);2*1H. The number of rotatable bonds is 7. The molecule has 2 rings (SSSR count). The Labute approximate surface area is 177 Å². The van der Waals surface area contributed by atoms with Crippen LogP contribution in [0.2, 0.25) is 0 Å². The first-order chi connectivity index (χ1) is 12.4. The molecular formula is C18H29Cl2FN4O3. The summed E-state index contributed by atoms with van der Waals surface area (Å²) in [7, 11) is 1.54. The monoisotopic (exact) mass is 438 g/mol. The van der Waals surface area contributed by atoms with Gasteiger partial charge in [-0.3, -0.25) is 14.5 Å². The third-order valence-corrected chi connectivity index (χ3v) is 4.68. The van der Waals surface area contributed by atoms with Crippen LogP contribution < -0.4 is 11.1 Å². The number of carbonyl (C=O) groups is 2. The van der Waals surface area contributed by atoms with Crippen molar-refractivity contribution in [3.05, 3.63) is 30.1 Å². The second-order valence-electron chi connectivity index (χ2n) is 6.39. The van der Waals surface area contributed by atoms with Crippen LogP contribution in [-0.4, -0.2) is 73.6 Å². The SMILES string of the molecule is COC(CN)CC(=O)N1CCN(C(C)C(=O)Nc2cccc(F)c2)CC1.Cl.Cl. The highest BCUT2D eigenvalue weighted by atomic mass is 35.5. The Morgan fingerprint density at radius 1 is 1.25 bits per heavy atom. The molecule has 1 aromatic rings. The molecule has 3 N–H and O–H groups in total. The van der Waals surface area contributed by atoms with Crippen LogP contribution in [0, 0.1) is 5.82 Å². The Balaban J connectivity index is 0.00000364. The lowest BCUT2D eigenvalue weighted by Crippen LogP contribution is -2.54. The number of nitrogens with two attached hydrogens (primary N) is 1. The van der Waals surface area contributed by atoms with Crippen molar-refractivity contribution in [2.45, 2.75) is 25.5 Å². The molecule has 160 valence electrons. The first-order valence-corrected chi connectivity index (χ1v) is 8.75. The van der Waals surface area contributed by atoms with Gasteiger partial charge < -0.3 is 20.7 Å². The molecule has 7 nitrogen and oxygen atoms in total. The summed E-state index contributed by atoms with van der Waals surface area (Å²) in [6.45, 7) is 4.42. The molecule has 0 bridgehead atoms. The van der Waals surface area contributed by atoms with E-state index in [1.165, 1.54) is 12.1 Å². The Morgan fingerprint density at radius 3 is 2.43 bits per heavy atom. The minimum absolute atomic E-state index is 0. The number of piperazine rings is 1. The Kier molecular flexibility index (Phi) is 12.2. The lowest BCUT2D eigenvalue weighted by Gasteiger charge is -2.37. The molecular weight excluding hydrogens is 410 g/mol. The number of anilines is 1. The number of ether oxygens (including phenoxy) is 1. The summed E-state index contributed by atoms with van der Waals surface area (Å²) in [5, 5.41) is 2.72. The highest BCUT2D eigenvalue weighted by Crippen LogP contribution is 2.13. The summed E-state index contributed by atoms with van der Waals surface area (Å²) >= 11 is 0. The zero-order valence-electron chi connectivity index (χ0n) is 16.1. The van der Waals surface area contributed by atoms with Crippen molar-refractivity contribution in [3.8, 4) is 0 Å². The zero-order chi connectivity index (χ0) is 19.1. The van der Waals surface area contributed by atoms with Gasteiger partial charge in [0.05, 0.1) is 18.6 Å². The minimum atomic E-state index is -0.394. The van der Waals surface area contributed by atoms with Crippen molar-refractivity contribution in [2.24, 2.45) is 5.73 Å². The van der Waals surface area contributed by atoms with E-state index < -0.39 is 5.82 Å². The highest BCUT2D eigenvalue weighted by molar-refractivity contribution is 5.94. The smallest absolute Gasteiger partial charge is 0.241 e. The fraction of sp³-hybridized carbons (Fsp3) is 0.556. The molecule has 2 unspecified atom stereocenters. The first-order valence-electron chi connectivity index (χ1n) is 8.75. The normalized spacial score (nSPS) is 16.4. The fourth-order valence-corrected chi connectivity index (χ4v) is 2.92. The number of amides is 2. The molecule has 0 spiro atoms. The molecule has 1 saturated heterocycles. The highest BCUT2D eigenvalue weighted by Gasteiger charge is 2.28. The number of hydrogen-bond donors (Lipinski definition) is 2. The molecule has 0 aromatic heterocycles. The fourth-order valence-electron chi connectivity index (χ4n) is 2.92. The molecule has 1 aliphatic rings. The van der Waals surface area contributed by atoms with E-state index in [2.05, 4.69) is 5.32 Å². The lowest BCUT2D eigenvalue weighted by molar-refractivity contribution is -0.136. The molecule has 1 fully saturated rings. The average Bonchev–Trinajstić information content (AvgIpc) is 2.65. The van der Waals surface area contributed by atoms with E-state index in [1.807, 2.05) is 11.8 Å². The van der Waals surface area contributed by atoms with Crippen molar-refractivity contribution in [1.82, 2.24) is 9.80 Å². The van der Waals surface area contributed by atoms with Crippen LogP contribution in [0.3, 0.4) is 0 Å². The largest absolute Gasteiger partial charge is 0.380 e. The Hall–Kier alpha value is -1.45. The van der Waals surface area contributed by atoms with Gasteiger partial charge in [-0.1, -0.05) is 6.07 Å². The molecule has 2 amide bonds. The van der Waals surface area contributed by atoms with Crippen LogP contribution in [0.4, 0.5) is 10.1 Å². The summed E-state index contributed by atoms with van der Waals surface area (Å²) < 4.78 is 18.4. The van der Waals surface area contributed by atoms with Crippen LogP contribution in [0.1, 0.15) is 13.3 Å². The van der Waals surface area contributed by atoms with Gasteiger partial charge in [0.1, 0.15) is 5.82 Å². The summed E-state index contributed by atoms with van der Waals surface area (Å²) in [6, 6.07) is 5.44. The maximum Gasteiger partial charge on any atom is 0.241 e. The second kappa shape index (κ2) is 12.9. The van der Waals surface area contributed by atoms with E-state index in [4.69, 9.17) is 10.5 Å². The molecule has 0 aliphatic carbocycles. The van der Waals surface area contributed by atoms with Crippen molar-refractivity contribution < 1.29 is 18.7 Å². The van der Waals surface area contributed by atoms with Crippen molar-refractivity contribution in [2.75, 3.05) is 45.2 Å². The van der Waals surface area contributed by atoms with E-state index in [9.17, 15) is 14.0 Å². The third-order valence-electron chi connectivity index (χ3n) is 4.68. The molecule has 1 aromatic carbocycles. The number of nitrogens with zero attached hydrogens (tertiary/aromatic N) is 2. The summed E-state index contributed by atoms with van der Waals surface area (Å²) in [5.41, 5.74) is 5.99. The maximum atomic E-state index is 13.2. The number of halogens is 3. The Morgan fingerprint density at radius 2 is 1.89 bits per heavy atom. The molecule has 2 atom stereocenters. The van der Waals surface area contributed by atoms with Gasteiger partial charge in [-0.25, -0.2) is 4.39 Å². The molecule has 10 heteroatoms. The zero-order valence-corrected chi connectivity index (χ0v) is 17.7. The Bertz CT molecular complexity index is 627. The van der Waals surface area contributed by atoms with Crippen molar-refractivity contribution in [3.63, 3.8) is 0 Å². The van der Waals surface area contributed by atoms with Crippen LogP contribution >= 0.6 is 24.8 Å². The maximum absolute atomic E-state index is 13.2. The van der Waals surface area contributed by atoms with Gasteiger partial charge in [0.15, 0.2) is 0 Å². The summed E-state index contributed by atoms with van der Waals surface area (Å²) in [5.74, 6) is -0.578. The van der Waals surface area contributed by atoms with E-state index >= 15 is 0 Å². The molecule has 28 heavy (non-hydrogen) atoms.